The lowest BCUT2D eigenvalue weighted by Crippen LogP contribution is -2.12. The van der Waals surface area contributed by atoms with Gasteiger partial charge in [0.15, 0.2) is 11.6 Å². The van der Waals surface area contributed by atoms with Crippen molar-refractivity contribution in [2.24, 2.45) is 0 Å². The second-order valence-electron chi connectivity index (χ2n) is 7.06. The zero-order valence-corrected chi connectivity index (χ0v) is 17.4. The Labute approximate surface area is 171 Å². The molecule has 0 spiro atoms. The molecule has 0 saturated heterocycles. The van der Waals surface area contributed by atoms with E-state index >= 15 is 0 Å². The zero-order chi connectivity index (χ0) is 19.6. The van der Waals surface area contributed by atoms with Gasteiger partial charge < -0.3 is 15.4 Å². The van der Waals surface area contributed by atoms with E-state index in [1.807, 2.05) is 6.07 Å². The lowest BCUT2D eigenvalue weighted by molar-refractivity contribution is 0.433. The van der Waals surface area contributed by atoms with Gasteiger partial charge in [-0.05, 0) is 18.6 Å². The number of unbranched alkanes of at least 4 members (excludes halogenated alkanes) is 6. The van der Waals surface area contributed by atoms with Gasteiger partial charge >= 0.3 is 0 Å². The van der Waals surface area contributed by atoms with Crippen molar-refractivity contribution < 1.29 is 9.13 Å². The van der Waals surface area contributed by atoms with Gasteiger partial charge in [0.05, 0.1) is 4.90 Å². The van der Waals surface area contributed by atoms with Gasteiger partial charge in [0, 0.05) is 42.9 Å². The smallest absolute Gasteiger partial charge is 0.167 e. The van der Waals surface area contributed by atoms with Crippen molar-refractivity contribution in [1.82, 2.24) is 4.98 Å². The molecular formula is C22H30FN3OS. The van der Waals surface area contributed by atoms with Gasteiger partial charge in [-0.1, -0.05) is 45.4 Å². The van der Waals surface area contributed by atoms with Crippen LogP contribution in [0.25, 0.3) is 0 Å². The summed E-state index contributed by atoms with van der Waals surface area (Å²) in [6.45, 7) is 3.98. The minimum atomic E-state index is -0.358. The van der Waals surface area contributed by atoms with E-state index in [0.29, 0.717) is 5.75 Å². The molecule has 1 aliphatic heterocycles. The minimum Gasteiger partial charge on any atom is -0.453 e. The summed E-state index contributed by atoms with van der Waals surface area (Å²) >= 11 is 1.68. The molecule has 152 valence electrons. The number of hydrogen-bond donors (Lipinski definition) is 2. The summed E-state index contributed by atoms with van der Waals surface area (Å²) < 4.78 is 20.4. The second-order valence-corrected chi connectivity index (χ2v) is 8.16. The summed E-state index contributed by atoms with van der Waals surface area (Å²) in [6.07, 6.45) is 10.6. The SMILES string of the molecule is CCCCCCCCCNc1ccc(Oc2ccnc3c2SCCN3)c(F)c1. The van der Waals surface area contributed by atoms with Crippen LogP contribution in [0.3, 0.4) is 0 Å². The van der Waals surface area contributed by atoms with Crippen LogP contribution in [0.2, 0.25) is 0 Å². The van der Waals surface area contributed by atoms with Crippen LogP contribution in [0.5, 0.6) is 11.5 Å². The number of nitrogens with zero attached hydrogens (tertiary/aromatic N) is 1. The Kier molecular flexibility index (Phi) is 8.27. The van der Waals surface area contributed by atoms with Crippen molar-refractivity contribution >= 4 is 23.3 Å². The van der Waals surface area contributed by atoms with Crippen molar-refractivity contribution in [2.45, 2.75) is 56.8 Å². The summed E-state index contributed by atoms with van der Waals surface area (Å²) in [5, 5.41) is 6.55. The molecule has 0 atom stereocenters. The molecule has 2 aromatic rings. The van der Waals surface area contributed by atoms with Crippen LogP contribution in [-0.4, -0.2) is 23.8 Å². The van der Waals surface area contributed by atoms with Crippen molar-refractivity contribution in [3.63, 3.8) is 0 Å². The van der Waals surface area contributed by atoms with Crippen LogP contribution >= 0.6 is 11.8 Å². The molecule has 1 aliphatic rings. The number of aromatic nitrogens is 1. The lowest BCUT2D eigenvalue weighted by Gasteiger charge is -2.19. The van der Waals surface area contributed by atoms with E-state index in [0.717, 1.165) is 41.7 Å². The summed E-state index contributed by atoms with van der Waals surface area (Å²) in [6, 6.07) is 6.86. The number of thioether (sulfide) groups is 1. The van der Waals surface area contributed by atoms with Gasteiger partial charge in [0.1, 0.15) is 11.6 Å². The van der Waals surface area contributed by atoms with Crippen LogP contribution in [0.1, 0.15) is 51.9 Å². The molecule has 4 nitrogen and oxygen atoms in total. The Balaban J connectivity index is 1.48. The molecule has 2 N–H and O–H groups in total. The van der Waals surface area contributed by atoms with E-state index in [1.54, 1.807) is 30.1 Å². The van der Waals surface area contributed by atoms with Crippen molar-refractivity contribution in [2.75, 3.05) is 29.5 Å². The lowest BCUT2D eigenvalue weighted by atomic mass is 10.1. The van der Waals surface area contributed by atoms with Gasteiger partial charge in [-0.15, -0.1) is 11.8 Å². The molecule has 1 aromatic carbocycles. The molecule has 0 unspecified atom stereocenters. The fourth-order valence-corrected chi connectivity index (χ4v) is 4.15. The Morgan fingerprint density at radius 3 is 2.75 bits per heavy atom. The third-order valence-corrected chi connectivity index (χ3v) is 5.86. The molecule has 0 radical (unpaired) electrons. The van der Waals surface area contributed by atoms with Crippen molar-refractivity contribution in [3.8, 4) is 11.5 Å². The van der Waals surface area contributed by atoms with E-state index in [4.69, 9.17) is 4.74 Å². The molecule has 0 amide bonds. The van der Waals surface area contributed by atoms with Crippen LogP contribution in [0, 0.1) is 5.82 Å². The molecule has 0 fully saturated rings. The summed E-state index contributed by atoms with van der Waals surface area (Å²) in [5.74, 6) is 2.27. The highest BCUT2D eigenvalue weighted by Gasteiger charge is 2.17. The molecule has 6 heteroatoms. The fraction of sp³-hybridized carbons (Fsp3) is 0.500. The highest BCUT2D eigenvalue weighted by atomic mass is 32.2. The number of benzene rings is 1. The number of rotatable bonds is 11. The summed E-state index contributed by atoms with van der Waals surface area (Å²) in [7, 11) is 0. The first-order valence-corrected chi connectivity index (χ1v) is 11.3. The minimum absolute atomic E-state index is 0.237. The fourth-order valence-electron chi connectivity index (χ4n) is 3.23. The first-order valence-electron chi connectivity index (χ1n) is 10.3. The first kappa shape index (κ1) is 20.8. The van der Waals surface area contributed by atoms with Gasteiger partial charge in [-0.2, -0.15) is 0 Å². The highest BCUT2D eigenvalue weighted by molar-refractivity contribution is 7.99. The number of fused-ring (bicyclic) bond motifs is 1. The third-order valence-electron chi connectivity index (χ3n) is 4.77. The maximum absolute atomic E-state index is 14.5. The number of halogens is 1. The standard InChI is InChI=1S/C22H30FN3OS/c1-2-3-4-5-6-7-8-12-24-17-9-10-19(18(23)16-17)27-20-11-13-25-22-21(20)28-15-14-26-22/h9-11,13,16,24H,2-8,12,14-15H2,1H3,(H,25,26). The molecule has 28 heavy (non-hydrogen) atoms. The largest absolute Gasteiger partial charge is 0.453 e. The number of ether oxygens (including phenoxy) is 1. The van der Waals surface area contributed by atoms with Crippen LogP contribution in [0.4, 0.5) is 15.9 Å². The molecule has 3 rings (SSSR count). The molecule has 0 saturated carbocycles. The quantitative estimate of drug-likeness (QED) is 0.409. The van der Waals surface area contributed by atoms with Crippen LogP contribution in [-0.2, 0) is 0 Å². The second kappa shape index (κ2) is 11.1. The zero-order valence-electron chi connectivity index (χ0n) is 16.6. The summed E-state index contributed by atoms with van der Waals surface area (Å²) in [4.78, 5) is 5.25. The first-order chi connectivity index (χ1) is 13.8. The molecule has 2 heterocycles. The number of hydrogen-bond acceptors (Lipinski definition) is 5. The van der Waals surface area contributed by atoms with Gasteiger partial charge in [0.2, 0.25) is 0 Å². The van der Waals surface area contributed by atoms with Gasteiger partial charge in [0.25, 0.3) is 0 Å². The number of nitrogens with one attached hydrogen (secondary N) is 2. The Morgan fingerprint density at radius 2 is 1.93 bits per heavy atom. The average Bonchev–Trinajstić information content (AvgIpc) is 2.72. The average molecular weight is 404 g/mol. The van der Waals surface area contributed by atoms with E-state index in [1.165, 1.54) is 44.6 Å². The predicted molar refractivity (Wildman–Crippen MR) is 116 cm³/mol. The van der Waals surface area contributed by atoms with Gasteiger partial charge in [-0.25, -0.2) is 9.37 Å². The van der Waals surface area contributed by atoms with Crippen molar-refractivity contribution in [3.05, 3.63) is 36.3 Å². The van der Waals surface area contributed by atoms with Gasteiger partial charge in [-0.3, -0.25) is 0 Å². The third kappa shape index (κ3) is 6.03. The van der Waals surface area contributed by atoms with Crippen LogP contribution in [0.15, 0.2) is 35.4 Å². The topological polar surface area (TPSA) is 46.2 Å². The molecule has 0 bridgehead atoms. The maximum atomic E-state index is 14.5. The predicted octanol–water partition coefficient (Wildman–Crippen LogP) is 6.69. The molecule has 0 aliphatic carbocycles. The van der Waals surface area contributed by atoms with E-state index < -0.39 is 0 Å². The Morgan fingerprint density at radius 1 is 1.11 bits per heavy atom. The number of anilines is 2. The van der Waals surface area contributed by atoms with E-state index in [-0.39, 0.29) is 11.6 Å². The Bertz CT molecular complexity index is 757. The highest BCUT2D eigenvalue weighted by Crippen LogP contribution is 2.39. The number of pyridine rings is 1. The monoisotopic (exact) mass is 403 g/mol. The van der Waals surface area contributed by atoms with E-state index in [9.17, 15) is 4.39 Å². The van der Waals surface area contributed by atoms with Crippen LogP contribution < -0.4 is 15.4 Å². The van der Waals surface area contributed by atoms with Crippen molar-refractivity contribution in [1.29, 1.82) is 0 Å². The Hall–Kier alpha value is -1.95. The normalized spacial score (nSPS) is 12.9. The summed E-state index contributed by atoms with van der Waals surface area (Å²) in [5.41, 5.74) is 0.795. The molecule has 1 aromatic heterocycles. The van der Waals surface area contributed by atoms with E-state index in [2.05, 4.69) is 22.5 Å². The maximum Gasteiger partial charge on any atom is 0.167 e. The molecular weight excluding hydrogens is 373 g/mol.